The van der Waals surface area contributed by atoms with Crippen LogP contribution in [0.3, 0.4) is 0 Å². The highest BCUT2D eigenvalue weighted by atomic mass is 35.5. The summed E-state index contributed by atoms with van der Waals surface area (Å²) in [6.07, 6.45) is 0.661. The first-order valence-corrected chi connectivity index (χ1v) is 8.08. The van der Waals surface area contributed by atoms with Gasteiger partial charge in [-0.1, -0.05) is 41.9 Å². The van der Waals surface area contributed by atoms with Crippen molar-refractivity contribution in [1.82, 2.24) is 5.01 Å². The molecule has 0 fully saturated rings. The summed E-state index contributed by atoms with van der Waals surface area (Å²) in [6, 6.07) is 14.1. The Balaban J connectivity index is 1.60. The molecule has 0 saturated heterocycles. The fourth-order valence-electron chi connectivity index (χ4n) is 2.47. The maximum atomic E-state index is 12.2. The molecule has 0 aromatic heterocycles. The van der Waals surface area contributed by atoms with Crippen LogP contribution in [0, 0.1) is 0 Å². The van der Waals surface area contributed by atoms with Crippen molar-refractivity contribution in [2.45, 2.75) is 6.42 Å². The molecule has 3 rings (SSSR count). The van der Waals surface area contributed by atoms with Gasteiger partial charge < -0.3 is 10.5 Å². The summed E-state index contributed by atoms with van der Waals surface area (Å²) in [5, 5.41) is 6.05. The Kier molecular flexibility index (Phi) is 5.00. The minimum Gasteiger partial charge on any atom is -0.452 e. The lowest BCUT2D eigenvalue weighted by Gasteiger charge is -2.12. The Morgan fingerprint density at radius 3 is 2.68 bits per heavy atom. The van der Waals surface area contributed by atoms with Gasteiger partial charge in [0.1, 0.15) is 0 Å². The molecule has 0 spiro atoms. The minimum atomic E-state index is -0.672. The molecule has 6 nitrogen and oxygen atoms in total. The van der Waals surface area contributed by atoms with Crippen LogP contribution in [0.1, 0.15) is 22.3 Å². The Morgan fingerprint density at radius 2 is 1.96 bits per heavy atom. The second-order valence-electron chi connectivity index (χ2n) is 5.49. The lowest BCUT2D eigenvalue weighted by molar-refractivity contribution is -0.134. The van der Waals surface area contributed by atoms with Gasteiger partial charge in [0.05, 0.1) is 17.8 Å². The molecule has 0 radical (unpaired) electrons. The number of nitrogens with two attached hydrogens (primary N) is 1. The van der Waals surface area contributed by atoms with Gasteiger partial charge in [0.15, 0.2) is 6.61 Å². The first-order valence-electron chi connectivity index (χ1n) is 7.70. The summed E-state index contributed by atoms with van der Waals surface area (Å²) in [4.78, 5) is 24.2. The van der Waals surface area contributed by atoms with Crippen LogP contribution < -0.4 is 5.73 Å². The van der Waals surface area contributed by atoms with E-state index in [9.17, 15) is 9.59 Å². The summed E-state index contributed by atoms with van der Waals surface area (Å²) in [7, 11) is 0. The van der Waals surface area contributed by atoms with Crippen LogP contribution in [-0.2, 0) is 9.53 Å². The van der Waals surface area contributed by atoms with Crippen LogP contribution in [0.5, 0.6) is 0 Å². The number of esters is 1. The molecule has 7 heteroatoms. The number of carbonyl (C=O) groups excluding carboxylic acids is 2. The predicted octanol–water partition coefficient (Wildman–Crippen LogP) is 2.72. The maximum Gasteiger partial charge on any atom is 0.340 e. The number of hydrazone groups is 1. The summed E-state index contributed by atoms with van der Waals surface area (Å²) >= 11 is 5.79. The van der Waals surface area contributed by atoms with E-state index in [-0.39, 0.29) is 17.2 Å². The lowest BCUT2D eigenvalue weighted by atomic mass is 10.1. The van der Waals surface area contributed by atoms with Crippen LogP contribution in [-0.4, -0.2) is 35.7 Å². The van der Waals surface area contributed by atoms with E-state index in [0.29, 0.717) is 18.0 Å². The topological polar surface area (TPSA) is 85.0 Å². The van der Waals surface area contributed by atoms with Crippen molar-refractivity contribution in [3.05, 3.63) is 64.7 Å². The number of rotatable bonds is 4. The molecule has 128 valence electrons. The average Bonchev–Trinajstić information content (AvgIpc) is 3.10. The number of nitrogen functional groups attached to an aromatic ring is 1. The molecule has 0 bridgehead atoms. The fraction of sp³-hybridized carbons (Fsp3) is 0.167. The molecule has 1 aliphatic rings. The molecule has 0 unspecified atom stereocenters. The third kappa shape index (κ3) is 3.97. The first kappa shape index (κ1) is 17.0. The SMILES string of the molecule is Nc1cc(Cl)ccc1C(=O)OCC(=O)N1CCC(c2ccccc2)=N1. The molecular formula is C18H16ClN3O3. The maximum absolute atomic E-state index is 12.2. The second-order valence-corrected chi connectivity index (χ2v) is 5.92. The second kappa shape index (κ2) is 7.36. The molecule has 25 heavy (non-hydrogen) atoms. The predicted molar refractivity (Wildman–Crippen MR) is 95.5 cm³/mol. The van der Waals surface area contributed by atoms with Crippen LogP contribution in [0.25, 0.3) is 0 Å². The van der Waals surface area contributed by atoms with Gasteiger partial charge in [-0.3, -0.25) is 4.79 Å². The van der Waals surface area contributed by atoms with Gasteiger partial charge in [-0.05, 0) is 23.8 Å². The number of halogens is 1. The molecule has 0 aliphatic carbocycles. The van der Waals surface area contributed by atoms with Gasteiger partial charge >= 0.3 is 5.97 Å². The Hall–Kier alpha value is -2.86. The molecule has 2 N–H and O–H groups in total. The summed E-state index contributed by atoms with van der Waals surface area (Å²) in [5.41, 5.74) is 7.92. The van der Waals surface area contributed by atoms with Crippen molar-refractivity contribution in [2.75, 3.05) is 18.9 Å². The van der Waals surface area contributed by atoms with Crippen LogP contribution in [0.15, 0.2) is 53.6 Å². The summed E-state index contributed by atoms with van der Waals surface area (Å²) in [5.74, 6) is -1.05. The van der Waals surface area contributed by atoms with E-state index < -0.39 is 12.6 Å². The van der Waals surface area contributed by atoms with Gasteiger partial charge in [0, 0.05) is 17.1 Å². The first-order chi connectivity index (χ1) is 12.0. The van der Waals surface area contributed by atoms with Crippen molar-refractivity contribution < 1.29 is 14.3 Å². The number of hydrogen-bond acceptors (Lipinski definition) is 5. The zero-order chi connectivity index (χ0) is 17.8. The molecule has 0 atom stereocenters. The number of amides is 1. The molecule has 1 heterocycles. The summed E-state index contributed by atoms with van der Waals surface area (Å²) < 4.78 is 5.04. The highest BCUT2D eigenvalue weighted by Crippen LogP contribution is 2.19. The molecule has 1 amide bonds. The number of anilines is 1. The zero-order valence-electron chi connectivity index (χ0n) is 13.3. The van der Waals surface area contributed by atoms with Crippen molar-refractivity contribution in [3.63, 3.8) is 0 Å². The average molecular weight is 358 g/mol. The normalized spacial score (nSPS) is 13.5. The van der Waals surface area contributed by atoms with Crippen molar-refractivity contribution in [1.29, 1.82) is 0 Å². The summed E-state index contributed by atoms with van der Waals surface area (Å²) in [6.45, 7) is 0.0656. The van der Waals surface area contributed by atoms with E-state index in [2.05, 4.69) is 5.10 Å². The van der Waals surface area contributed by atoms with E-state index in [0.717, 1.165) is 11.3 Å². The monoisotopic (exact) mass is 357 g/mol. The molecular weight excluding hydrogens is 342 g/mol. The van der Waals surface area contributed by atoms with E-state index in [1.165, 1.54) is 23.2 Å². The number of benzene rings is 2. The van der Waals surface area contributed by atoms with Crippen molar-refractivity contribution >= 4 is 34.9 Å². The molecule has 1 aliphatic heterocycles. The Bertz CT molecular complexity index is 837. The molecule has 2 aromatic rings. The smallest absolute Gasteiger partial charge is 0.340 e. The Morgan fingerprint density at radius 1 is 1.20 bits per heavy atom. The van der Waals surface area contributed by atoms with E-state index in [1.54, 1.807) is 0 Å². The van der Waals surface area contributed by atoms with Gasteiger partial charge in [-0.25, -0.2) is 9.80 Å². The minimum absolute atomic E-state index is 0.173. The fourth-order valence-corrected chi connectivity index (χ4v) is 2.65. The molecule has 0 saturated carbocycles. The zero-order valence-corrected chi connectivity index (χ0v) is 14.1. The van der Waals surface area contributed by atoms with Gasteiger partial charge in [-0.15, -0.1) is 0 Å². The quantitative estimate of drug-likeness (QED) is 0.673. The van der Waals surface area contributed by atoms with Crippen LogP contribution in [0.2, 0.25) is 5.02 Å². The van der Waals surface area contributed by atoms with Gasteiger partial charge in [0.25, 0.3) is 5.91 Å². The number of ether oxygens (including phenoxy) is 1. The van der Waals surface area contributed by atoms with Crippen molar-refractivity contribution in [3.8, 4) is 0 Å². The lowest BCUT2D eigenvalue weighted by Crippen LogP contribution is -2.29. The Labute approximate surface area is 149 Å². The van der Waals surface area contributed by atoms with Crippen LogP contribution in [0.4, 0.5) is 5.69 Å². The highest BCUT2D eigenvalue weighted by Gasteiger charge is 2.23. The van der Waals surface area contributed by atoms with E-state index in [1.807, 2.05) is 30.3 Å². The largest absolute Gasteiger partial charge is 0.452 e. The highest BCUT2D eigenvalue weighted by molar-refractivity contribution is 6.31. The van der Waals surface area contributed by atoms with E-state index >= 15 is 0 Å². The standard InChI is InChI=1S/C18H16ClN3O3/c19-13-6-7-14(15(20)10-13)18(24)25-11-17(23)22-9-8-16(21-22)12-4-2-1-3-5-12/h1-7,10H,8-9,11,20H2. The number of carbonyl (C=O) groups is 2. The third-order valence-corrected chi connectivity index (χ3v) is 3.99. The van der Waals surface area contributed by atoms with Gasteiger partial charge in [-0.2, -0.15) is 5.10 Å². The van der Waals surface area contributed by atoms with Crippen LogP contribution >= 0.6 is 11.6 Å². The third-order valence-electron chi connectivity index (χ3n) is 3.76. The van der Waals surface area contributed by atoms with Gasteiger partial charge in [0.2, 0.25) is 0 Å². The number of hydrogen-bond donors (Lipinski definition) is 1. The van der Waals surface area contributed by atoms with Crippen molar-refractivity contribution in [2.24, 2.45) is 5.10 Å². The van der Waals surface area contributed by atoms with E-state index in [4.69, 9.17) is 22.1 Å². The molecule has 2 aromatic carbocycles. The number of nitrogens with zero attached hydrogens (tertiary/aromatic N) is 2.